The van der Waals surface area contributed by atoms with E-state index in [1.54, 1.807) is 19.2 Å². The van der Waals surface area contributed by atoms with Gasteiger partial charge in [0.1, 0.15) is 17.6 Å². The molecule has 0 atom stereocenters. The third kappa shape index (κ3) is 3.31. The first kappa shape index (κ1) is 16.3. The standard InChI is InChI=1S/C19H19ClN2O3/c1-23-22-19-15-5-3-2-4-12(15)8-18(19)25-16-7-6-13(20)9-17(16)24-14-10-21-11-14/h2-7,9,14,21-22H,8,10-11H2,1H3. The summed E-state index contributed by atoms with van der Waals surface area (Å²) in [5.74, 6) is 2.09. The lowest BCUT2D eigenvalue weighted by molar-refractivity contribution is 0.132. The maximum Gasteiger partial charge on any atom is 0.169 e. The van der Waals surface area contributed by atoms with E-state index >= 15 is 0 Å². The summed E-state index contributed by atoms with van der Waals surface area (Å²) in [4.78, 5) is 5.14. The molecule has 1 heterocycles. The van der Waals surface area contributed by atoms with Crippen LogP contribution in [0.3, 0.4) is 0 Å². The molecule has 0 spiro atoms. The number of halogens is 1. The molecule has 1 saturated heterocycles. The van der Waals surface area contributed by atoms with E-state index in [0.29, 0.717) is 22.9 Å². The van der Waals surface area contributed by atoms with Gasteiger partial charge in [-0.2, -0.15) is 0 Å². The van der Waals surface area contributed by atoms with Gasteiger partial charge >= 0.3 is 0 Å². The monoisotopic (exact) mass is 358 g/mol. The first-order chi connectivity index (χ1) is 12.2. The second-order valence-corrected chi connectivity index (χ2v) is 6.47. The van der Waals surface area contributed by atoms with Gasteiger partial charge in [-0.15, -0.1) is 0 Å². The van der Waals surface area contributed by atoms with Crippen LogP contribution in [-0.4, -0.2) is 26.3 Å². The van der Waals surface area contributed by atoms with Crippen molar-refractivity contribution in [2.45, 2.75) is 12.5 Å². The highest BCUT2D eigenvalue weighted by atomic mass is 35.5. The third-order valence-electron chi connectivity index (χ3n) is 4.30. The molecule has 2 aromatic rings. The van der Waals surface area contributed by atoms with Crippen molar-refractivity contribution in [1.82, 2.24) is 10.8 Å². The Morgan fingerprint density at radius 2 is 1.96 bits per heavy atom. The van der Waals surface area contributed by atoms with E-state index in [4.69, 9.17) is 25.9 Å². The molecule has 0 amide bonds. The Hall–Kier alpha value is -2.21. The Labute approximate surface area is 151 Å². The predicted octanol–water partition coefficient (Wildman–Crippen LogP) is 3.15. The van der Waals surface area contributed by atoms with Crippen LogP contribution in [0.1, 0.15) is 11.1 Å². The number of hydroxylamine groups is 1. The van der Waals surface area contributed by atoms with Crippen LogP contribution in [0, 0.1) is 0 Å². The SMILES string of the molecule is CONC1=C(Oc2ccc(Cl)cc2OC2CNC2)Cc2ccccc21. The number of fused-ring (bicyclic) bond motifs is 1. The molecule has 0 unspecified atom stereocenters. The van der Waals surface area contributed by atoms with E-state index in [0.717, 1.165) is 30.1 Å². The van der Waals surface area contributed by atoms with Gasteiger partial charge in [0.2, 0.25) is 0 Å². The van der Waals surface area contributed by atoms with Crippen LogP contribution < -0.4 is 20.3 Å². The van der Waals surface area contributed by atoms with Gasteiger partial charge < -0.3 is 14.8 Å². The molecule has 0 bridgehead atoms. The van der Waals surface area contributed by atoms with E-state index < -0.39 is 0 Å². The number of allylic oxidation sites excluding steroid dienone is 1. The van der Waals surface area contributed by atoms with Crippen LogP contribution >= 0.6 is 11.6 Å². The molecule has 1 fully saturated rings. The molecule has 1 aliphatic carbocycles. The number of nitrogens with one attached hydrogen (secondary N) is 2. The van der Waals surface area contributed by atoms with Crippen LogP contribution in [-0.2, 0) is 11.3 Å². The molecule has 1 aliphatic heterocycles. The molecular formula is C19H19ClN2O3. The summed E-state index contributed by atoms with van der Waals surface area (Å²) < 4.78 is 12.2. The van der Waals surface area contributed by atoms with Gasteiger partial charge in [-0.1, -0.05) is 35.9 Å². The van der Waals surface area contributed by atoms with Gasteiger partial charge in [-0.25, -0.2) is 0 Å². The molecule has 6 heteroatoms. The lowest BCUT2D eigenvalue weighted by Gasteiger charge is -2.28. The van der Waals surface area contributed by atoms with Crippen molar-refractivity contribution in [3.05, 3.63) is 64.4 Å². The fourth-order valence-electron chi connectivity index (χ4n) is 2.95. The lowest BCUT2D eigenvalue weighted by atomic mass is 10.1. The summed E-state index contributed by atoms with van der Waals surface area (Å²) in [5.41, 5.74) is 6.05. The molecule has 0 saturated carbocycles. The highest BCUT2D eigenvalue weighted by Gasteiger charge is 2.25. The molecule has 25 heavy (non-hydrogen) atoms. The molecule has 2 aliphatic rings. The van der Waals surface area contributed by atoms with Gasteiger partial charge in [0.25, 0.3) is 0 Å². The van der Waals surface area contributed by atoms with Gasteiger partial charge in [0, 0.05) is 36.2 Å². The minimum absolute atomic E-state index is 0.146. The molecule has 2 aromatic carbocycles. The average Bonchev–Trinajstić information content (AvgIpc) is 2.91. The maximum atomic E-state index is 6.21. The normalized spacial score (nSPS) is 16.4. The summed E-state index contributed by atoms with van der Waals surface area (Å²) in [6.07, 6.45) is 0.835. The van der Waals surface area contributed by atoms with Crippen molar-refractivity contribution in [2.24, 2.45) is 0 Å². The number of ether oxygens (including phenoxy) is 2. The fourth-order valence-corrected chi connectivity index (χ4v) is 3.11. The van der Waals surface area contributed by atoms with E-state index in [1.165, 1.54) is 5.56 Å². The summed E-state index contributed by atoms with van der Waals surface area (Å²) in [6.45, 7) is 1.66. The second kappa shape index (κ2) is 6.96. The lowest BCUT2D eigenvalue weighted by Crippen LogP contribution is -2.50. The summed E-state index contributed by atoms with van der Waals surface area (Å²) in [6, 6.07) is 13.6. The first-order valence-electron chi connectivity index (χ1n) is 8.20. The van der Waals surface area contributed by atoms with Crippen molar-refractivity contribution in [3.63, 3.8) is 0 Å². The van der Waals surface area contributed by atoms with Crippen molar-refractivity contribution in [3.8, 4) is 11.5 Å². The van der Waals surface area contributed by atoms with E-state index in [-0.39, 0.29) is 6.10 Å². The molecule has 5 nitrogen and oxygen atoms in total. The van der Waals surface area contributed by atoms with Crippen LogP contribution in [0.15, 0.2) is 48.2 Å². The van der Waals surface area contributed by atoms with E-state index in [1.807, 2.05) is 24.3 Å². The Balaban J connectivity index is 1.64. The Bertz CT molecular complexity index is 818. The zero-order chi connectivity index (χ0) is 17.2. The highest BCUT2D eigenvalue weighted by molar-refractivity contribution is 6.30. The highest BCUT2D eigenvalue weighted by Crippen LogP contribution is 2.37. The molecule has 0 radical (unpaired) electrons. The zero-order valence-corrected chi connectivity index (χ0v) is 14.6. The van der Waals surface area contributed by atoms with Crippen molar-refractivity contribution in [2.75, 3.05) is 20.2 Å². The van der Waals surface area contributed by atoms with Crippen molar-refractivity contribution >= 4 is 17.3 Å². The van der Waals surface area contributed by atoms with Crippen molar-refractivity contribution in [1.29, 1.82) is 0 Å². The second-order valence-electron chi connectivity index (χ2n) is 6.03. The summed E-state index contributed by atoms with van der Waals surface area (Å²) in [7, 11) is 1.59. The van der Waals surface area contributed by atoms with Gasteiger partial charge in [-0.3, -0.25) is 10.3 Å². The first-order valence-corrected chi connectivity index (χ1v) is 8.57. The number of hydrogen-bond donors (Lipinski definition) is 2. The molecular weight excluding hydrogens is 340 g/mol. The molecule has 4 rings (SSSR count). The van der Waals surface area contributed by atoms with Crippen LogP contribution in [0.4, 0.5) is 0 Å². The number of hydrogen-bond acceptors (Lipinski definition) is 5. The van der Waals surface area contributed by atoms with E-state index in [9.17, 15) is 0 Å². The summed E-state index contributed by atoms with van der Waals surface area (Å²) >= 11 is 6.13. The fraction of sp³-hybridized carbons (Fsp3) is 0.263. The number of rotatable bonds is 6. The van der Waals surface area contributed by atoms with Crippen LogP contribution in [0.5, 0.6) is 11.5 Å². The van der Waals surface area contributed by atoms with Crippen LogP contribution in [0.2, 0.25) is 5.02 Å². The Morgan fingerprint density at radius 1 is 1.12 bits per heavy atom. The zero-order valence-electron chi connectivity index (χ0n) is 13.8. The van der Waals surface area contributed by atoms with Gasteiger partial charge in [-0.05, 0) is 17.7 Å². The molecule has 130 valence electrons. The smallest absolute Gasteiger partial charge is 0.169 e. The largest absolute Gasteiger partial charge is 0.484 e. The quantitative estimate of drug-likeness (QED) is 0.777. The van der Waals surface area contributed by atoms with Crippen molar-refractivity contribution < 1.29 is 14.3 Å². The minimum atomic E-state index is 0.146. The third-order valence-corrected chi connectivity index (χ3v) is 4.53. The maximum absolute atomic E-state index is 6.21. The van der Waals surface area contributed by atoms with Gasteiger partial charge in [0.05, 0.1) is 7.11 Å². The Kier molecular flexibility index (Phi) is 4.53. The average molecular weight is 359 g/mol. The molecule has 2 N–H and O–H groups in total. The van der Waals surface area contributed by atoms with E-state index in [2.05, 4.69) is 16.9 Å². The predicted molar refractivity (Wildman–Crippen MR) is 96.6 cm³/mol. The van der Waals surface area contributed by atoms with Gasteiger partial charge in [0.15, 0.2) is 11.5 Å². The Morgan fingerprint density at radius 3 is 2.72 bits per heavy atom. The molecule has 0 aromatic heterocycles. The van der Waals surface area contributed by atoms with Crippen LogP contribution in [0.25, 0.3) is 5.70 Å². The summed E-state index contributed by atoms with van der Waals surface area (Å²) in [5, 5.41) is 3.81. The minimum Gasteiger partial charge on any atom is -0.484 e. The topological polar surface area (TPSA) is 51.8 Å². The number of benzene rings is 2.